The fourth-order valence-corrected chi connectivity index (χ4v) is 3.42. The molecule has 3 nitrogen and oxygen atoms in total. The Morgan fingerprint density at radius 2 is 2.05 bits per heavy atom. The summed E-state index contributed by atoms with van der Waals surface area (Å²) in [5, 5.41) is 4.81. The topological polar surface area (TPSA) is 28.2 Å². The van der Waals surface area contributed by atoms with Crippen LogP contribution in [0.25, 0.3) is 0 Å². The Bertz CT molecular complexity index is 457. The van der Waals surface area contributed by atoms with Gasteiger partial charge in [-0.3, -0.25) is 0 Å². The number of nitrogens with one attached hydrogen (secondary N) is 1. The maximum Gasteiger partial charge on any atom is 0.185 e. The number of anilines is 1. The first-order valence-corrected chi connectivity index (χ1v) is 9.07. The van der Waals surface area contributed by atoms with Crippen molar-refractivity contribution in [2.45, 2.75) is 71.9 Å². The summed E-state index contributed by atoms with van der Waals surface area (Å²) >= 11 is 1.87. The van der Waals surface area contributed by atoms with Gasteiger partial charge in [0.1, 0.15) is 0 Å². The van der Waals surface area contributed by atoms with Gasteiger partial charge >= 0.3 is 0 Å². The van der Waals surface area contributed by atoms with Crippen molar-refractivity contribution >= 4 is 16.5 Å². The van der Waals surface area contributed by atoms with Crippen LogP contribution in [0.2, 0.25) is 0 Å². The first-order valence-electron chi connectivity index (χ1n) is 8.26. The van der Waals surface area contributed by atoms with E-state index >= 15 is 0 Å². The van der Waals surface area contributed by atoms with E-state index in [0.29, 0.717) is 5.92 Å². The lowest BCUT2D eigenvalue weighted by atomic mass is 10.0. The fourth-order valence-electron chi connectivity index (χ4n) is 2.33. The van der Waals surface area contributed by atoms with Crippen LogP contribution < -0.4 is 10.2 Å². The molecule has 0 aromatic carbocycles. The van der Waals surface area contributed by atoms with Gasteiger partial charge in [-0.1, -0.05) is 13.8 Å². The van der Waals surface area contributed by atoms with E-state index in [1.165, 1.54) is 35.1 Å². The quantitative estimate of drug-likeness (QED) is 0.809. The van der Waals surface area contributed by atoms with Crippen LogP contribution in [-0.4, -0.2) is 24.1 Å². The molecule has 1 aromatic heterocycles. The van der Waals surface area contributed by atoms with Crippen molar-refractivity contribution in [1.82, 2.24) is 10.3 Å². The highest BCUT2D eigenvalue weighted by atomic mass is 32.1. The van der Waals surface area contributed by atoms with Crippen LogP contribution in [0.5, 0.6) is 0 Å². The van der Waals surface area contributed by atoms with E-state index in [-0.39, 0.29) is 5.54 Å². The van der Waals surface area contributed by atoms with Gasteiger partial charge in [-0.05, 0) is 51.9 Å². The zero-order valence-electron chi connectivity index (χ0n) is 14.5. The van der Waals surface area contributed by atoms with E-state index in [1.807, 2.05) is 11.3 Å². The Kier molecular flexibility index (Phi) is 5.31. The van der Waals surface area contributed by atoms with E-state index in [4.69, 9.17) is 4.98 Å². The Morgan fingerprint density at radius 3 is 2.57 bits per heavy atom. The number of aromatic nitrogens is 1. The molecule has 1 aromatic rings. The fraction of sp³-hybridized carbons (Fsp3) is 0.824. The second-order valence-electron chi connectivity index (χ2n) is 7.54. The summed E-state index contributed by atoms with van der Waals surface area (Å²) in [5.74, 6) is 1.45. The molecule has 1 fully saturated rings. The molecule has 1 unspecified atom stereocenters. The highest BCUT2D eigenvalue weighted by Gasteiger charge is 2.25. The number of hydrogen-bond donors (Lipinski definition) is 1. The van der Waals surface area contributed by atoms with Gasteiger partial charge in [0.25, 0.3) is 0 Å². The zero-order valence-corrected chi connectivity index (χ0v) is 15.3. The van der Waals surface area contributed by atoms with Gasteiger partial charge in [-0.25, -0.2) is 4.98 Å². The third-order valence-corrected chi connectivity index (χ3v) is 5.32. The predicted molar refractivity (Wildman–Crippen MR) is 93.4 cm³/mol. The standard InChI is InChI=1S/C17H31N3S/c1-7-12(2)15-14(10-18-17(3,4)5)21-16(19-15)20(6)11-13-8-9-13/h12-13,18H,7-11H2,1-6H3. The van der Waals surface area contributed by atoms with E-state index in [9.17, 15) is 0 Å². The van der Waals surface area contributed by atoms with Crippen molar-refractivity contribution < 1.29 is 0 Å². The van der Waals surface area contributed by atoms with E-state index in [2.05, 4.69) is 51.9 Å². The van der Waals surface area contributed by atoms with E-state index in [0.717, 1.165) is 18.9 Å². The van der Waals surface area contributed by atoms with E-state index in [1.54, 1.807) is 0 Å². The molecule has 0 bridgehead atoms. The molecule has 1 aliphatic carbocycles. The molecule has 0 saturated heterocycles. The van der Waals surface area contributed by atoms with Crippen molar-refractivity contribution in [3.63, 3.8) is 0 Å². The molecule has 1 heterocycles. The minimum Gasteiger partial charge on any atom is -0.351 e. The summed E-state index contributed by atoms with van der Waals surface area (Å²) < 4.78 is 0. The highest BCUT2D eigenvalue weighted by Crippen LogP contribution is 2.35. The lowest BCUT2D eigenvalue weighted by Crippen LogP contribution is -2.35. The van der Waals surface area contributed by atoms with Crippen LogP contribution in [0, 0.1) is 5.92 Å². The second kappa shape index (κ2) is 6.66. The predicted octanol–water partition coefficient (Wildman–Crippen LogP) is 4.39. The van der Waals surface area contributed by atoms with Crippen LogP contribution in [0.1, 0.15) is 70.4 Å². The molecular weight excluding hydrogens is 278 g/mol. The molecular formula is C17H31N3S. The summed E-state index contributed by atoms with van der Waals surface area (Å²) in [6.45, 7) is 13.3. The third kappa shape index (κ3) is 4.96. The number of hydrogen-bond acceptors (Lipinski definition) is 4. The molecule has 0 aliphatic heterocycles. The molecule has 1 N–H and O–H groups in total. The maximum atomic E-state index is 4.97. The van der Waals surface area contributed by atoms with Crippen LogP contribution in [0.3, 0.4) is 0 Å². The smallest absolute Gasteiger partial charge is 0.185 e. The molecule has 2 rings (SSSR count). The van der Waals surface area contributed by atoms with E-state index < -0.39 is 0 Å². The first-order chi connectivity index (χ1) is 9.80. The summed E-state index contributed by atoms with van der Waals surface area (Å²) in [7, 11) is 2.19. The molecule has 120 valence electrons. The van der Waals surface area contributed by atoms with Crippen molar-refractivity contribution in [2.75, 3.05) is 18.5 Å². The third-order valence-electron chi connectivity index (χ3n) is 4.13. The average molecular weight is 310 g/mol. The molecule has 0 radical (unpaired) electrons. The Labute approximate surface area is 134 Å². The normalized spacial score (nSPS) is 17.0. The van der Waals surface area contributed by atoms with Gasteiger partial charge in [0.2, 0.25) is 0 Å². The Hall–Kier alpha value is -0.610. The molecule has 1 saturated carbocycles. The largest absolute Gasteiger partial charge is 0.351 e. The number of thiazole rings is 1. The van der Waals surface area contributed by atoms with Gasteiger partial charge in [0.15, 0.2) is 5.13 Å². The zero-order chi connectivity index (χ0) is 15.6. The van der Waals surface area contributed by atoms with Crippen molar-refractivity contribution in [1.29, 1.82) is 0 Å². The van der Waals surface area contributed by atoms with Gasteiger partial charge in [-0.15, -0.1) is 11.3 Å². The second-order valence-corrected chi connectivity index (χ2v) is 8.60. The highest BCUT2D eigenvalue weighted by molar-refractivity contribution is 7.15. The number of rotatable bonds is 7. The molecule has 4 heteroatoms. The lowest BCUT2D eigenvalue weighted by molar-refractivity contribution is 0.424. The van der Waals surface area contributed by atoms with Crippen molar-refractivity contribution in [2.24, 2.45) is 5.92 Å². The summed E-state index contributed by atoms with van der Waals surface area (Å²) in [6, 6.07) is 0. The minimum atomic E-state index is 0.150. The number of nitrogens with zero attached hydrogens (tertiary/aromatic N) is 2. The Morgan fingerprint density at radius 1 is 1.38 bits per heavy atom. The summed E-state index contributed by atoms with van der Waals surface area (Å²) in [4.78, 5) is 8.74. The van der Waals surface area contributed by atoms with Gasteiger partial charge < -0.3 is 10.2 Å². The summed E-state index contributed by atoms with van der Waals surface area (Å²) in [5.41, 5.74) is 1.45. The molecule has 1 atom stereocenters. The Balaban J connectivity index is 2.13. The van der Waals surface area contributed by atoms with Gasteiger partial charge in [0.05, 0.1) is 5.69 Å². The molecule has 0 spiro atoms. The molecule has 0 amide bonds. The van der Waals surface area contributed by atoms with Crippen LogP contribution >= 0.6 is 11.3 Å². The van der Waals surface area contributed by atoms with Crippen LogP contribution in [0.15, 0.2) is 0 Å². The van der Waals surface area contributed by atoms with Crippen molar-refractivity contribution in [3.8, 4) is 0 Å². The molecule has 21 heavy (non-hydrogen) atoms. The summed E-state index contributed by atoms with van der Waals surface area (Å²) in [6.07, 6.45) is 3.94. The van der Waals surface area contributed by atoms with Crippen molar-refractivity contribution in [3.05, 3.63) is 10.6 Å². The van der Waals surface area contributed by atoms with Gasteiger partial charge in [0, 0.05) is 30.6 Å². The maximum absolute atomic E-state index is 4.97. The van der Waals surface area contributed by atoms with Gasteiger partial charge in [-0.2, -0.15) is 0 Å². The lowest BCUT2D eigenvalue weighted by Gasteiger charge is -2.20. The van der Waals surface area contributed by atoms with Crippen LogP contribution in [0.4, 0.5) is 5.13 Å². The first kappa shape index (κ1) is 16.8. The minimum absolute atomic E-state index is 0.150. The monoisotopic (exact) mass is 309 g/mol. The van der Waals surface area contributed by atoms with Crippen LogP contribution in [-0.2, 0) is 6.54 Å². The SMILES string of the molecule is CCC(C)c1nc(N(C)CC2CC2)sc1CNC(C)(C)C. The molecule has 1 aliphatic rings. The average Bonchev–Trinajstić information content (AvgIpc) is 3.10.